The fourth-order valence-corrected chi connectivity index (χ4v) is 1.79. The Labute approximate surface area is 134 Å². The molecule has 0 aliphatic carbocycles. The van der Waals surface area contributed by atoms with Gasteiger partial charge in [-0.25, -0.2) is 9.59 Å². The van der Waals surface area contributed by atoms with Crippen LogP contribution in [0.1, 0.15) is 0 Å². The van der Waals surface area contributed by atoms with Crippen LogP contribution >= 0.6 is 23.2 Å². The Morgan fingerprint density at radius 3 is 2.36 bits per heavy atom. The van der Waals surface area contributed by atoms with Crippen LogP contribution < -0.4 is 5.32 Å². The van der Waals surface area contributed by atoms with Gasteiger partial charge in [0.2, 0.25) is 0 Å². The summed E-state index contributed by atoms with van der Waals surface area (Å²) < 4.78 is 8.91. The molecule has 0 aliphatic heterocycles. The van der Waals surface area contributed by atoms with E-state index in [1.54, 1.807) is 0 Å². The smallest absolute Gasteiger partial charge is 0.354 e. The number of nitrogens with zero attached hydrogens (tertiary/aromatic N) is 1. The lowest BCUT2D eigenvalue weighted by Gasteiger charge is -2.11. The van der Waals surface area contributed by atoms with Crippen molar-refractivity contribution in [3.8, 4) is 0 Å². The van der Waals surface area contributed by atoms with E-state index in [0.717, 1.165) is 32.4 Å². The third kappa shape index (κ3) is 4.34. The summed E-state index contributed by atoms with van der Waals surface area (Å²) in [6.45, 7) is 0. The fraction of sp³-hybridized carbons (Fsp3) is 0.167. The third-order valence-electron chi connectivity index (χ3n) is 2.37. The molecular formula is C12H10Cl2N2O6. The number of anilines is 1. The van der Waals surface area contributed by atoms with Gasteiger partial charge in [-0.05, 0) is 6.07 Å². The van der Waals surface area contributed by atoms with E-state index in [1.165, 1.54) is 0 Å². The highest BCUT2D eigenvalue weighted by atomic mass is 35.5. The van der Waals surface area contributed by atoms with Crippen molar-refractivity contribution in [2.75, 3.05) is 19.5 Å². The van der Waals surface area contributed by atoms with E-state index in [2.05, 4.69) is 14.8 Å². The van der Waals surface area contributed by atoms with Gasteiger partial charge in [0.1, 0.15) is 10.7 Å². The van der Waals surface area contributed by atoms with Crippen LogP contribution in [0.25, 0.3) is 0 Å². The van der Waals surface area contributed by atoms with Crippen molar-refractivity contribution in [1.29, 1.82) is 0 Å². The van der Waals surface area contributed by atoms with E-state index >= 15 is 0 Å². The Kier molecular flexibility index (Phi) is 6.14. The number of nitro groups is 1. The molecule has 0 aromatic heterocycles. The largest absolute Gasteiger partial charge is 0.466 e. The van der Waals surface area contributed by atoms with Crippen molar-refractivity contribution in [3.05, 3.63) is 44.1 Å². The Morgan fingerprint density at radius 2 is 1.86 bits per heavy atom. The van der Waals surface area contributed by atoms with E-state index in [9.17, 15) is 19.7 Å². The fourth-order valence-electron chi connectivity index (χ4n) is 1.35. The first-order chi connectivity index (χ1) is 10.3. The van der Waals surface area contributed by atoms with Crippen LogP contribution in [-0.4, -0.2) is 31.1 Å². The van der Waals surface area contributed by atoms with Crippen molar-refractivity contribution in [2.24, 2.45) is 0 Å². The molecule has 0 bridgehead atoms. The molecule has 8 nitrogen and oxygen atoms in total. The van der Waals surface area contributed by atoms with Gasteiger partial charge in [0.05, 0.1) is 35.9 Å². The lowest BCUT2D eigenvalue weighted by Crippen LogP contribution is -2.15. The van der Waals surface area contributed by atoms with E-state index in [4.69, 9.17) is 23.2 Å². The highest BCUT2D eigenvalue weighted by Gasteiger charge is 2.19. The number of carbonyl (C=O) groups excluding carboxylic acids is 2. The molecule has 1 aromatic carbocycles. The number of hydrogen-bond acceptors (Lipinski definition) is 7. The number of hydrogen-bond donors (Lipinski definition) is 1. The molecule has 0 atom stereocenters. The highest BCUT2D eigenvalue weighted by Crippen LogP contribution is 2.34. The monoisotopic (exact) mass is 348 g/mol. The van der Waals surface area contributed by atoms with Crippen molar-refractivity contribution in [1.82, 2.24) is 0 Å². The van der Waals surface area contributed by atoms with Gasteiger partial charge in [-0.3, -0.25) is 10.1 Å². The summed E-state index contributed by atoms with van der Waals surface area (Å²) in [6.07, 6.45) is 0.845. The van der Waals surface area contributed by atoms with Gasteiger partial charge in [-0.15, -0.1) is 0 Å². The maximum Gasteiger partial charge on any atom is 0.354 e. The van der Waals surface area contributed by atoms with Crippen molar-refractivity contribution < 1.29 is 24.0 Å². The molecule has 0 radical (unpaired) electrons. The minimum Gasteiger partial charge on any atom is -0.466 e. The van der Waals surface area contributed by atoms with E-state index in [0.29, 0.717) is 0 Å². The first-order valence-corrected chi connectivity index (χ1v) is 6.34. The molecule has 0 heterocycles. The second-order valence-corrected chi connectivity index (χ2v) is 4.55. The SMILES string of the molecule is COC(=O)/C=C(/Nc1cc(Cl)c([N+](=O)[O-])cc1Cl)C(=O)OC. The third-order valence-corrected chi connectivity index (χ3v) is 2.99. The Bertz CT molecular complexity index is 659. The lowest BCUT2D eigenvalue weighted by atomic mass is 10.2. The summed E-state index contributed by atoms with van der Waals surface area (Å²) in [5.41, 5.74) is -0.590. The van der Waals surface area contributed by atoms with Crippen molar-refractivity contribution >= 4 is 46.5 Å². The molecule has 1 aromatic rings. The molecule has 0 saturated heterocycles. The van der Waals surface area contributed by atoms with E-state index in [1.807, 2.05) is 0 Å². The number of halogens is 2. The summed E-state index contributed by atoms with van der Waals surface area (Å²) in [7, 11) is 2.24. The minimum atomic E-state index is -0.865. The maximum atomic E-state index is 11.6. The predicted molar refractivity (Wildman–Crippen MR) is 78.9 cm³/mol. The molecule has 1 N–H and O–H groups in total. The van der Waals surface area contributed by atoms with Gasteiger partial charge < -0.3 is 14.8 Å². The Morgan fingerprint density at radius 1 is 1.23 bits per heavy atom. The van der Waals surface area contributed by atoms with Crippen molar-refractivity contribution in [3.63, 3.8) is 0 Å². The number of nitrogens with one attached hydrogen (secondary N) is 1. The molecule has 1 rings (SSSR count). The van der Waals surface area contributed by atoms with Crippen LogP contribution in [0.3, 0.4) is 0 Å². The molecular weight excluding hydrogens is 339 g/mol. The van der Waals surface area contributed by atoms with Gasteiger partial charge in [0.15, 0.2) is 0 Å². The van der Waals surface area contributed by atoms with Gasteiger partial charge in [0.25, 0.3) is 5.69 Å². The van der Waals surface area contributed by atoms with Crippen LogP contribution in [0.5, 0.6) is 0 Å². The second kappa shape index (κ2) is 7.62. The zero-order valence-electron chi connectivity index (χ0n) is 11.4. The van der Waals surface area contributed by atoms with Gasteiger partial charge in [0, 0.05) is 6.07 Å². The molecule has 0 saturated carbocycles. The van der Waals surface area contributed by atoms with Crippen LogP contribution in [-0.2, 0) is 19.1 Å². The first-order valence-electron chi connectivity index (χ1n) is 5.58. The average molecular weight is 349 g/mol. The molecule has 22 heavy (non-hydrogen) atoms. The topological polar surface area (TPSA) is 108 Å². The number of benzene rings is 1. The lowest BCUT2D eigenvalue weighted by molar-refractivity contribution is -0.384. The number of esters is 2. The molecule has 10 heteroatoms. The van der Waals surface area contributed by atoms with Gasteiger partial charge in [-0.1, -0.05) is 23.2 Å². The van der Waals surface area contributed by atoms with Gasteiger partial charge >= 0.3 is 11.9 Å². The standard InChI is InChI=1S/C12H10Cl2N2O6/c1-21-11(17)5-9(12(18)22-2)15-8-3-7(14)10(16(19)20)4-6(8)13/h3-5,15H,1-2H3/b9-5+. The molecule has 118 valence electrons. The van der Waals surface area contributed by atoms with Crippen molar-refractivity contribution in [2.45, 2.75) is 0 Å². The van der Waals surface area contributed by atoms with Crippen LogP contribution in [0, 0.1) is 10.1 Å². The molecule has 0 fully saturated rings. The minimum absolute atomic E-state index is 0.0734. The number of carbonyl (C=O) groups is 2. The number of methoxy groups -OCH3 is 2. The Balaban J connectivity index is 3.22. The summed E-state index contributed by atoms with van der Waals surface area (Å²) in [6, 6.07) is 2.16. The van der Waals surface area contributed by atoms with Crippen LogP contribution in [0.15, 0.2) is 23.9 Å². The molecule has 0 amide bonds. The summed E-state index contributed by atoms with van der Waals surface area (Å²) in [4.78, 5) is 32.9. The molecule has 0 aliphatic rings. The summed E-state index contributed by atoms with van der Waals surface area (Å²) >= 11 is 11.6. The zero-order chi connectivity index (χ0) is 16.9. The molecule has 0 unspecified atom stereocenters. The quantitative estimate of drug-likeness (QED) is 0.377. The number of nitro benzene ring substituents is 1. The number of ether oxygens (including phenoxy) is 2. The van der Waals surface area contributed by atoms with E-state index in [-0.39, 0.29) is 21.4 Å². The number of rotatable bonds is 5. The summed E-state index contributed by atoms with van der Waals surface area (Å²) in [5, 5.41) is 13.0. The van der Waals surface area contributed by atoms with E-state index < -0.39 is 22.5 Å². The predicted octanol–water partition coefficient (Wildman–Crippen LogP) is 2.54. The van der Waals surface area contributed by atoms with Crippen LogP contribution in [0.4, 0.5) is 11.4 Å². The Hall–Kier alpha value is -2.32. The van der Waals surface area contributed by atoms with Crippen LogP contribution in [0.2, 0.25) is 10.0 Å². The highest BCUT2D eigenvalue weighted by molar-refractivity contribution is 6.36. The zero-order valence-corrected chi connectivity index (χ0v) is 12.9. The first kappa shape index (κ1) is 17.7. The normalized spacial score (nSPS) is 10.8. The average Bonchev–Trinajstić information content (AvgIpc) is 2.48. The maximum absolute atomic E-state index is 11.6. The second-order valence-electron chi connectivity index (χ2n) is 3.74. The molecule has 0 spiro atoms. The van der Waals surface area contributed by atoms with Gasteiger partial charge in [-0.2, -0.15) is 0 Å². The summed E-state index contributed by atoms with van der Waals surface area (Å²) in [5.74, 6) is -1.67.